The number of aryl methyl sites for hydroxylation is 2. The summed E-state index contributed by atoms with van der Waals surface area (Å²) in [6.45, 7) is 4.34. The number of benzene rings is 2. The smallest absolute Gasteiger partial charge is 0.242 e. The monoisotopic (exact) mass is 498 g/mol. The molecule has 0 aliphatic carbocycles. The van der Waals surface area contributed by atoms with Gasteiger partial charge in [-0.05, 0) is 49.4 Å². The van der Waals surface area contributed by atoms with E-state index in [1.165, 1.54) is 18.4 Å². The Bertz CT molecular complexity index is 1350. The van der Waals surface area contributed by atoms with Crippen molar-refractivity contribution in [1.29, 1.82) is 0 Å². The Labute approximate surface area is 205 Å². The van der Waals surface area contributed by atoms with Gasteiger partial charge in [0.1, 0.15) is 5.82 Å². The molecule has 0 saturated carbocycles. The number of fused-ring (bicyclic) bond motifs is 1. The molecule has 10 nitrogen and oxygen atoms in total. The first-order chi connectivity index (χ1) is 16.7. The average molecular weight is 499 g/mol. The molecule has 1 aliphatic heterocycles. The van der Waals surface area contributed by atoms with Crippen LogP contribution >= 0.6 is 0 Å². The fourth-order valence-electron chi connectivity index (χ4n) is 4.14. The largest absolute Gasteiger partial charge is 0.360 e. The van der Waals surface area contributed by atoms with Crippen molar-refractivity contribution in [2.24, 2.45) is 0 Å². The van der Waals surface area contributed by atoms with Gasteiger partial charge in [-0.2, -0.15) is 0 Å². The van der Waals surface area contributed by atoms with Gasteiger partial charge in [0.05, 0.1) is 22.5 Å². The highest BCUT2D eigenvalue weighted by atomic mass is 32.2. The van der Waals surface area contributed by atoms with Crippen LogP contribution in [0.4, 0.5) is 11.4 Å². The standard InChI is InChI=1S/C24H30N6O4S/c1-4-30-21-10-9-19(35(33,34)28(2)3)15-20(21)27-22(30)11-12-23(31)26-17-5-7-18(8-6-17)29-14-13-25-24(32)16-29/h5-10,15H,4,11-14,16H2,1-3H3,(H,25,32)(H,26,31). The van der Waals surface area contributed by atoms with E-state index in [9.17, 15) is 18.0 Å². The molecule has 2 amide bonds. The number of nitrogens with one attached hydrogen (secondary N) is 2. The molecule has 0 atom stereocenters. The van der Waals surface area contributed by atoms with Crippen molar-refractivity contribution in [2.75, 3.05) is 43.9 Å². The first kappa shape index (κ1) is 24.7. The number of piperazine rings is 1. The quantitative estimate of drug-likeness (QED) is 0.489. The van der Waals surface area contributed by atoms with Gasteiger partial charge in [0.15, 0.2) is 0 Å². The molecule has 1 fully saturated rings. The second-order valence-corrected chi connectivity index (χ2v) is 10.7. The van der Waals surface area contributed by atoms with Gasteiger partial charge in [-0.1, -0.05) is 0 Å². The van der Waals surface area contributed by atoms with Gasteiger partial charge in [-0.3, -0.25) is 9.59 Å². The first-order valence-electron chi connectivity index (χ1n) is 11.5. The van der Waals surface area contributed by atoms with E-state index in [-0.39, 0.29) is 23.1 Å². The van der Waals surface area contributed by atoms with E-state index in [0.717, 1.165) is 23.6 Å². The third-order valence-corrected chi connectivity index (χ3v) is 7.83. The predicted octanol–water partition coefficient (Wildman–Crippen LogP) is 1.81. The summed E-state index contributed by atoms with van der Waals surface area (Å²) in [6.07, 6.45) is 0.658. The van der Waals surface area contributed by atoms with Crippen LogP contribution in [0.2, 0.25) is 0 Å². The summed E-state index contributed by atoms with van der Waals surface area (Å²) < 4.78 is 28.1. The molecular weight excluding hydrogens is 468 g/mol. The summed E-state index contributed by atoms with van der Waals surface area (Å²) in [5.74, 6) is 0.596. The summed E-state index contributed by atoms with van der Waals surface area (Å²) in [5, 5.41) is 5.71. The zero-order valence-electron chi connectivity index (χ0n) is 20.1. The van der Waals surface area contributed by atoms with Crippen molar-refractivity contribution in [3.05, 3.63) is 48.3 Å². The molecule has 0 bridgehead atoms. The van der Waals surface area contributed by atoms with Gasteiger partial charge >= 0.3 is 0 Å². The number of aromatic nitrogens is 2. The van der Waals surface area contributed by atoms with E-state index < -0.39 is 10.0 Å². The van der Waals surface area contributed by atoms with E-state index in [2.05, 4.69) is 15.6 Å². The fourth-order valence-corrected chi connectivity index (χ4v) is 5.06. The third kappa shape index (κ3) is 5.30. The topological polar surface area (TPSA) is 117 Å². The van der Waals surface area contributed by atoms with Crippen LogP contribution in [0, 0.1) is 0 Å². The minimum atomic E-state index is -3.55. The van der Waals surface area contributed by atoms with Gasteiger partial charge < -0.3 is 20.1 Å². The molecule has 2 aromatic carbocycles. The second-order valence-electron chi connectivity index (χ2n) is 8.58. The van der Waals surface area contributed by atoms with Crippen molar-refractivity contribution in [3.8, 4) is 0 Å². The highest BCUT2D eigenvalue weighted by molar-refractivity contribution is 7.89. The van der Waals surface area contributed by atoms with Gasteiger partial charge in [0.2, 0.25) is 21.8 Å². The van der Waals surface area contributed by atoms with Crippen LogP contribution in [0.5, 0.6) is 0 Å². The lowest BCUT2D eigenvalue weighted by Crippen LogP contribution is -2.47. The Kier molecular flexibility index (Phi) is 7.08. The molecule has 2 N–H and O–H groups in total. The fraction of sp³-hybridized carbons (Fsp3) is 0.375. The van der Waals surface area contributed by atoms with Crippen molar-refractivity contribution in [2.45, 2.75) is 31.2 Å². The molecule has 4 rings (SSSR count). The molecule has 186 valence electrons. The normalized spacial score (nSPS) is 14.4. The van der Waals surface area contributed by atoms with E-state index in [1.54, 1.807) is 18.2 Å². The molecule has 11 heteroatoms. The maximum absolute atomic E-state index is 12.6. The molecule has 0 radical (unpaired) electrons. The van der Waals surface area contributed by atoms with Crippen molar-refractivity contribution in [1.82, 2.24) is 19.2 Å². The number of imidazole rings is 1. The number of sulfonamides is 1. The van der Waals surface area contributed by atoms with E-state index in [0.29, 0.717) is 37.3 Å². The van der Waals surface area contributed by atoms with E-state index in [1.807, 2.05) is 40.7 Å². The number of rotatable bonds is 8. The highest BCUT2D eigenvalue weighted by Gasteiger charge is 2.20. The van der Waals surface area contributed by atoms with Crippen LogP contribution in [0.15, 0.2) is 47.4 Å². The summed E-state index contributed by atoms with van der Waals surface area (Å²) in [5.41, 5.74) is 3.04. The molecule has 0 unspecified atom stereocenters. The van der Waals surface area contributed by atoms with E-state index >= 15 is 0 Å². The zero-order chi connectivity index (χ0) is 25.2. The van der Waals surface area contributed by atoms with Gasteiger partial charge in [0, 0.05) is 57.9 Å². The SMILES string of the molecule is CCn1c(CCC(=O)Nc2ccc(N3CCNC(=O)C3)cc2)nc2cc(S(=O)(=O)N(C)C)ccc21. The summed E-state index contributed by atoms with van der Waals surface area (Å²) >= 11 is 0. The van der Waals surface area contributed by atoms with Crippen LogP contribution in [-0.2, 0) is 32.6 Å². The Morgan fingerprint density at radius 3 is 2.57 bits per heavy atom. The number of hydrogen-bond acceptors (Lipinski definition) is 6. The molecule has 1 aliphatic rings. The lowest BCUT2D eigenvalue weighted by molar-refractivity contribution is -0.120. The maximum Gasteiger partial charge on any atom is 0.242 e. The molecule has 2 heterocycles. The molecule has 0 spiro atoms. The summed E-state index contributed by atoms with van der Waals surface area (Å²) in [4.78, 5) is 31.0. The Balaban J connectivity index is 1.42. The number of anilines is 2. The predicted molar refractivity (Wildman–Crippen MR) is 135 cm³/mol. The average Bonchev–Trinajstić information content (AvgIpc) is 3.20. The van der Waals surface area contributed by atoms with E-state index in [4.69, 9.17) is 0 Å². The highest BCUT2D eigenvalue weighted by Crippen LogP contribution is 2.23. The number of carbonyl (C=O) groups is 2. The van der Waals surface area contributed by atoms with Crippen LogP contribution in [0.3, 0.4) is 0 Å². The molecule has 35 heavy (non-hydrogen) atoms. The Hall–Kier alpha value is -3.44. The Morgan fingerprint density at radius 1 is 1.17 bits per heavy atom. The van der Waals surface area contributed by atoms with Crippen molar-refractivity contribution >= 4 is 44.2 Å². The van der Waals surface area contributed by atoms with Gasteiger partial charge in [-0.25, -0.2) is 17.7 Å². The van der Waals surface area contributed by atoms with Crippen molar-refractivity contribution < 1.29 is 18.0 Å². The molecule has 1 saturated heterocycles. The first-order valence-corrected chi connectivity index (χ1v) is 13.0. The van der Waals surface area contributed by atoms with Crippen LogP contribution < -0.4 is 15.5 Å². The number of amides is 2. The number of carbonyl (C=O) groups excluding carboxylic acids is 2. The minimum absolute atomic E-state index is 0.00211. The number of nitrogens with zero attached hydrogens (tertiary/aromatic N) is 4. The molecule has 1 aromatic heterocycles. The van der Waals surface area contributed by atoms with Gasteiger partial charge in [0.25, 0.3) is 0 Å². The lowest BCUT2D eigenvalue weighted by Gasteiger charge is -2.28. The minimum Gasteiger partial charge on any atom is -0.360 e. The lowest BCUT2D eigenvalue weighted by atomic mass is 10.2. The summed E-state index contributed by atoms with van der Waals surface area (Å²) in [7, 11) is -0.567. The van der Waals surface area contributed by atoms with Crippen molar-refractivity contribution in [3.63, 3.8) is 0 Å². The van der Waals surface area contributed by atoms with Crippen LogP contribution in [0.1, 0.15) is 19.2 Å². The second kappa shape index (κ2) is 10.0. The Morgan fingerprint density at radius 2 is 1.91 bits per heavy atom. The third-order valence-electron chi connectivity index (χ3n) is 6.02. The van der Waals surface area contributed by atoms with Crippen LogP contribution in [0.25, 0.3) is 11.0 Å². The van der Waals surface area contributed by atoms with Gasteiger partial charge in [-0.15, -0.1) is 0 Å². The van der Waals surface area contributed by atoms with Crippen LogP contribution in [-0.4, -0.2) is 67.8 Å². The molecule has 3 aromatic rings. The zero-order valence-corrected chi connectivity index (χ0v) is 20.9. The number of hydrogen-bond donors (Lipinski definition) is 2. The maximum atomic E-state index is 12.6. The molecular formula is C24H30N6O4S. The summed E-state index contributed by atoms with van der Waals surface area (Å²) in [6, 6.07) is 12.4.